The molecule has 0 aliphatic carbocycles. The second-order valence-corrected chi connectivity index (χ2v) is 6.45. The molecule has 1 N–H and O–H groups in total. The minimum absolute atomic E-state index is 0.351. The standard InChI is InChI=1S/C17H26ClNO2/c1-11(2)16-13(9-12-5-7-19-8-6-12)14(18)10-15(20-3)17(16)21-4/h10-12,19H,5-9H2,1-4H3. The van der Waals surface area contributed by atoms with Gasteiger partial charge in [-0.05, 0) is 49.8 Å². The Morgan fingerprint density at radius 3 is 2.43 bits per heavy atom. The van der Waals surface area contributed by atoms with E-state index in [1.165, 1.54) is 24.0 Å². The van der Waals surface area contributed by atoms with Crippen LogP contribution >= 0.6 is 11.6 Å². The Morgan fingerprint density at radius 2 is 1.90 bits per heavy atom. The number of rotatable bonds is 5. The van der Waals surface area contributed by atoms with Crippen molar-refractivity contribution in [3.05, 3.63) is 22.2 Å². The van der Waals surface area contributed by atoms with Gasteiger partial charge in [-0.3, -0.25) is 0 Å². The second kappa shape index (κ2) is 7.37. The van der Waals surface area contributed by atoms with Gasteiger partial charge in [-0.25, -0.2) is 0 Å². The predicted molar refractivity (Wildman–Crippen MR) is 87.9 cm³/mol. The molecule has 1 aromatic rings. The van der Waals surface area contributed by atoms with Gasteiger partial charge in [0.05, 0.1) is 14.2 Å². The van der Waals surface area contributed by atoms with Crippen LogP contribution in [0.25, 0.3) is 0 Å². The Bertz CT molecular complexity index is 482. The largest absolute Gasteiger partial charge is 0.493 e. The molecule has 1 aliphatic rings. The first-order chi connectivity index (χ1) is 10.1. The molecule has 0 radical (unpaired) electrons. The molecule has 3 nitrogen and oxygen atoms in total. The van der Waals surface area contributed by atoms with E-state index in [4.69, 9.17) is 21.1 Å². The molecule has 0 atom stereocenters. The number of hydrogen-bond donors (Lipinski definition) is 1. The van der Waals surface area contributed by atoms with Gasteiger partial charge in [-0.1, -0.05) is 25.4 Å². The molecule has 1 fully saturated rings. The van der Waals surface area contributed by atoms with Crippen molar-refractivity contribution in [2.75, 3.05) is 27.3 Å². The minimum atomic E-state index is 0.351. The first-order valence-corrected chi connectivity index (χ1v) is 8.10. The fourth-order valence-corrected chi connectivity index (χ4v) is 3.50. The lowest BCUT2D eigenvalue weighted by molar-refractivity contribution is 0.346. The van der Waals surface area contributed by atoms with Gasteiger partial charge in [0.25, 0.3) is 0 Å². The summed E-state index contributed by atoms with van der Waals surface area (Å²) in [5.41, 5.74) is 2.43. The average Bonchev–Trinajstić information content (AvgIpc) is 2.49. The van der Waals surface area contributed by atoms with E-state index in [0.717, 1.165) is 36.0 Å². The van der Waals surface area contributed by atoms with Gasteiger partial charge in [-0.15, -0.1) is 0 Å². The molecule has 0 unspecified atom stereocenters. The topological polar surface area (TPSA) is 30.5 Å². The summed E-state index contributed by atoms with van der Waals surface area (Å²) in [5, 5.41) is 4.22. The van der Waals surface area contributed by atoms with Crippen molar-refractivity contribution in [1.29, 1.82) is 0 Å². The molecule has 21 heavy (non-hydrogen) atoms. The van der Waals surface area contributed by atoms with Gasteiger partial charge >= 0.3 is 0 Å². The first kappa shape index (κ1) is 16.4. The quantitative estimate of drug-likeness (QED) is 0.891. The second-order valence-electron chi connectivity index (χ2n) is 6.04. The van der Waals surface area contributed by atoms with Crippen LogP contribution in [-0.4, -0.2) is 27.3 Å². The number of ether oxygens (including phenoxy) is 2. The average molecular weight is 312 g/mol. The number of methoxy groups -OCH3 is 2. The van der Waals surface area contributed by atoms with E-state index in [1.54, 1.807) is 14.2 Å². The molecule has 0 spiro atoms. The van der Waals surface area contributed by atoms with Crippen molar-refractivity contribution in [1.82, 2.24) is 5.32 Å². The molecule has 2 rings (SSSR count). The summed E-state index contributed by atoms with van der Waals surface area (Å²) in [6, 6.07) is 1.89. The maximum atomic E-state index is 6.55. The molecule has 0 aromatic heterocycles. The predicted octanol–water partition coefficient (Wildman–Crippen LogP) is 4.02. The third-order valence-electron chi connectivity index (χ3n) is 4.29. The molecule has 1 heterocycles. The number of nitrogens with one attached hydrogen (secondary N) is 1. The Labute approximate surface area is 133 Å². The highest BCUT2D eigenvalue weighted by Gasteiger charge is 2.24. The Morgan fingerprint density at radius 1 is 1.24 bits per heavy atom. The number of halogens is 1. The lowest BCUT2D eigenvalue weighted by Gasteiger charge is -2.26. The summed E-state index contributed by atoms with van der Waals surface area (Å²) in [7, 11) is 3.36. The lowest BCUT2D eigenvalue weighted by Crippen LogP contribution is -2.29. The molecule has 0 bridgehead atoms. The van der Waals surface area contributed by atoms with Crippen molar-refractivity contribution in [3.63, 3.8) is 0 Å². The monoisotopic (exact) mass is 311 g/mol. The van der Waals surface area contributed by atoms with Crippen molar-refractivity contribution < 1.29 is 9.47 Å². The van der Waals surface area contributed by atoms with E-state index in [9.17, 15) is 0 Å². The number of hydrogen-bond acceptors (Lipinski definition) is 3. The number of piperidine rings is 1. The molecule has 1 aromatic carbocycles. The van der Waals surface area contributed by atoms with E-state index >= 15 is 0 Å². The van der Waals surface area contributed by atoms with Crippen LogP contribution in [0, 0.1) is 5.92 Å². The Balaban J connectivity index is 2.42. The number of benzene rings is 1. The highest BCUT2D eigenvalue weighted by atomic mass is 35.5. The molecule has 118 valence electrons. The summed E-state index contributed by atoms with van der Waals surface area (Å²) >= 11 is 6.55. The van der Waals surface area contributed by atoms with Crippen LogP contribution in [-0.2, 0) is 6.42 Å². The summed E-state index contributed by atoms with van der Waals surface area (Å²) < 4.78 is 11.1. The van der Waals surface area contributed by atoms with Crippen LogP contribution in [0.15, 0.2) is 6.07 Å². The maximum absolute atomic E-state index is 6.55. The van der Waals surface area contributed by atoms with E-state index in [1.807, 2.05) is 6.07 Å². The van der Waals surface area contributed by atoms with Crippen LogP contribution in [0.3, 0.4) is 0 Å². The van der Waals surface area contributed by atoms with Gasteiger partial charge in [0.15, 0.2) is 11.5 Å². The minimum Gasteiger partial charge on any atom is -0.493 e. The van der Waals surface area contributed by atoms with E-state index in [-0.39, 0.29) is 0 Å². The summed E-state index contributed by atoms with van der Waals surface area (Å²) in [4.78, 5) is 0. The van der Waals surface area contributed by atoms with Crippen molar-refractivity contribution >= 4 is 11.6 Å². The zero-order chi connectivity index (χ0) is 15.4. The van der Waals surface area contributed by atoms with Gasteiger partial charge in [-0.2, -0.15) is 0 Å². The Hall–Kier alpha value is -0.930. The van der Waals surface area contributed by atoms with Crippen LogP contribution in [0.1, 0.15) is 43.7 Å². The highest BCUT2D eigenvalue weighted by Crippen LogP contribution is 2.43. The van der Waals surface area contributed by atoms with Crippen LogP contribution in [0.2, 0.25) is 5.02 Å². The van der Waals surface area contributed by atoms with Gasteiger partial charge in [0, 0.05) is 16.7 Å². The molecular weight excluding hydrogens is 286 g/mol. The fourth-order valence-electron chi connectivity index (χ4n) is 3.22. The van der Waals surface area contributed by atoms with E-state index < -0.39 is 0 Å². The van der Waals surface area contributed by atoms with Gasteiger partial charge in [0.2, 0.25) is 0 Å². The third kappa shape index (κ3) is 3.64. The van der Waals surface area contributed by atoms with Crippen LogP contribution in [0.5, 0.6) is 11.5 Å². The van der Waals surface area contributed by atoms with Crippen molar-refractivity contribution in [2.45, 2.75) is 39.0 Å². The third-order valence-corrected chi connectivity index (χ3v) is 4.63. The smallest absolute Gasteiger partial charge is 0.164 e. The van der Waals surface area contributed by atoms with Crippen molar-refractivity contribution in [2.24, 2.45) is 5.92 Å². The van der Waals surface area contributed by atoms with Crippen molar-refractivity contribution in [3.8, 4) is 11.5 Å². The molecule has 1 saturated heterocycles. The zero-order valence-corrected chi connectivity index (χ0v) is 14.2. The highest BCUT2D eigenvalue weighted by molar-refractivity contribution is 6.31. The summed E-state index contributed by atoms with van der Waals surface area (Å²) in [5.74, 6) is 2.60. The maximum Gasteiger partial charge on any atom is 0.164 e. The molecule has 1 aliphatic heterocycles. The Kier molecular flexibility index (Phi) is 5.77. The molecule has 0 saturated carbocycles. The van der Waals surface area contributed by atoms with Crippen LogP contribution < -0.4 is 14.8 Å². The molecule has 0 amide bonds. The zero-order valence-electron chi connectivity index (χ0n) is 13.5. The van der Waals surface area contributed by atoms with Gasteiger partial charge in [0.1, 0.15) is 0 Å². The fraction of sp³-hybridized carbons (Fsp3) is 0.647. The summed E-state index contributed by atoms with van der Waals surface area (Å²) in [6.07, 6.45) is 3.44. The lowest BCUT2D eigenvalue weighted by atomic mass is 9.85. The molecule has 4 heteroatoms. The normalized spacial score (nSPS) is 16.3. The van der Waals surface area contributed by atoms with E-state index in [0.29, 0.717) is 11.8 Å². The van der Waals surface area contributed by atoms with Crippen LogP contribution in [0.4, 0.5) is 0 Å². The SMILES string of the molecule is COc1cc(Cl)c(CC2CCNCC2)c(C(C)C)c1OC. The molecular formula is C17H26ClNO2. The summed E-state index contributed by atoms with van der Waals surface area (Å²) in [6.45, 7) is 6.57. The van der Waals surface area contributed by atoms with Gasteiger partial charge < -0.3 is 14.8 Å². The first-order valence-electron chi connectivity index (χ1n) is 7.72. The van der Waals surface area contributed by atoms with E-state index in [2.05, 4.69) is 19.2 Å².